The standard InChI is InChI=1S/C18H18N4O2S2/c23-15-11-25-17(13-1-5-19-6-2-13)21(15)9-10-22-16(24)12-26-18(22)14-3-7-20-8-4-14/h1-8,17-18H,9-12H2. The van der Waals surface area contributed by atoms with Crippen LogP contribution in [0.5, 0.6) is 0 Å². The predicted molar refractivity (Wildman–Crippen MR) is 102 cm³/mol. The summed E-state index contributed by atoms with van der Waals surface area (Å²) in [5, 5.41) is -0.00883. The van der Waals surface area contributed by atoms with E-state index in [1.807, 2.05) is 34.1 Å². The number of amides is 2. The number of carbonyl (C=O) groups is 2. The fourth-order valence-corrected chi connectivity index (χ4v) is 5.65. The van der Waals surface area contributed by atoms with Crippen LogP contribution in [-0.2, 0) is 9.59 Å². The average molecular weight is 387 g/mol. The molecule has 2 atom stereocenters. The highest BCUT2D eigenvalue weighted by molar-refractivity contribution is 8.00. The predicted octanol–water partition coefficient (Wildman–Crippen LogP) is 2.32. The van der Waals surface area contributed by atoms with Gasteiger partial charge in [-0.2, -0.15) is 0 Å². The number of hydrogen-bond donors (Lipinski definition) is 0. The number of thioether (sulfide) groups is 2. The molecule has 6 nitrogen and oxygen atoms in total. The van der Waals surface area contributed by atoms with Crippen LogP contribution in [0.4, 0.5) is 0 Å². The normalized spacial score (nSPS) is 23.1. The van der Waals surface area contributed by atoms with Crippen LogP contribution in [0.15, 0.2) is 49.1 Å². The van der Waals surface area contributed by atoms with Crippen LogP contribution in [0.3, 0.4) is 0 Å². The van der Waals surface area contributed by atoms with E-state index in [2.05, 4.69) is 9.97 Å². The number of hydrogen-bond acceptors (Lipinski definition) is 6. The van der Waals surface area contributed by atoms with Crippen molar-refractivity contribution in [3.8, 4) is 0 Å². The lowest BCUT2D eigenvalue weighted by Crippen LogP contribution is -2.39. The molecule has 0 bridgehead atoms. The minimum atomic E-state index is -0.00441. The summed E-state index contributed by atoms with van der Waals surface area (Å²) >= 11 is 3.25. The van der Waals surface area contributed by atoms with Crippen LogP contribution in [-0.4, -0.2) is 56.2 Å². The molecule has 0 aliphatic carbocycles. The zero-order valence-electron chi connectivity index (χ0n) is 14.0. The highest BCUT2D eigenvalue weighted by Crippen LogP contribution is 2.40. The van der Waals surface area contributed by atoms with E-state index in [1.54, 1.807) is 48.3 Å². The maximum absolute atomic E-state index is 12.4. The van der Waals surface area contributed by atoms with Crippen LogP contribution in [0.25, 0.3) is 0 Å². The third kappa shape index (κ3) is 3.43. The number of nitrogens with zero attached hydrogens (tertiary/aromatic N) is 4. The summed E-state index contributed by atoms with van der Waals surface area (Å²) in [6, 6.07) is 7.78. The first-order chi connectivity index (χ1) is 12.7. The lowest BCUT2D eigenvalue weighted by Gasteiger charge is -2.29. The molecule has 8 heteroatoms. The Morgan fingerprint density at radius 1 is 0.769 bits per heavy atom. The smallest absolute Gasteiger partial charge is 0.233 e. The van der Waals surface area contributed by atoms with Crippen molar-refractivity contribution < 1.29 is 9.59 Å². The van der Waals surface area contributed by atoms with Crippen molar-refractivity contribution in [2.24, 2.45) is 0 Å². The highest BCUT2D eigenvalue weighted by atomic mass is 32.2. The minimum Gasteiger partial charge on any atom is -0.324 e. The molecule has 0 spiro atoms. The van der Waals surface area contributed by atoms with Gasteiger partial charge >= 0.3 is 0 Å². The summed E-state index contributed by atoms with van der Waals surface area (Å²) in [6.45, 7) is 1.07. The van der Waals surface area contributed by atoms with Gasteiger partial charge in [0.25, 0.3) is 0 Å². The van der Waals surface area contributed by atoms with Crippen LogP contribution in [0.2, 0.25) is 0 Å². The van der Waals surface area contributed by atoms with E-state index in [9.17, 15) is 9.59 Å². The molecule has 2 aliphatic rings. The van der Waals surface area contributed by atoms with Crippen molar-refractivity contribution in [1.82, 2.24) is 19.8 Å². The molecular formula is C18H18N4O2S2. The van der Waals surface area contributed by atoms with Gasteiger partial charge in [0.1, 0.15) is 10.7 Å². The molecule has 2 aromatic rings. The first kappa shape index (κ1) is 17.4. The van der Waals surface area contributed by atoms with Crippen LogP contribution in [0, 0.1) is 0 Å². The summed E-state index contributed by atoms with van der Waals surface area (Å²) in [5.74, 6) is 1.19. The maximum atomic E-state index is 12.4. The highest BCUT2D eigenvalue weighted by Gasteiger charge is 2.36. The van der Waals surface area contributed by atoms with Crippen molar-refractivity contribution in [2.75, 3.05) is 24.6 Å². The topological polar surface area (TPSA) is 66.4 Å². The summed E-state index contributed by atoms with van der Waals surface area (Å²) in [5.41, 5.74) is 2.15. The zero-order chi connectivity index (χ0) is 17.9. The Labute approximate surface area is 160 Å². The molecule has 0 aromatic carbocycles. The average Bonchev–Trinajstić information content (AvgIpc) is 3.24. The van der Waals surface area contributed by atoms with Gasteiger partial charge in [-0.1, -0.05) is 0 Å². The number of pyridine rings is 2. The Kier molecular flexibility index (Phi) is 5.12. The van der Waals surface area contributed by atoms with Crippen molar-refractivity contribution in [3.63, 3.8) is 0 Å². The van der Waals surface area contributed by atoms with Gasteiger partial charge in [0.15, 0.2) is 0 Å². The SMILES string of the molecule is O=C1CSC(c2ccncc2)N1CCN1C(=O)CSC1c1ccncc1. The van der Waals surface area contributed by atoms with E-state index >= 15 is 0 Å². The Morgan fingerprint density at radius 2 is 1.15 bits per heavy atom. The van der Waals surface area contributed by atoms with Crippen molar-refractivity contribution in [3.05, 3.63) is 60.2 Å². The molecule has 2 saturated heterocycles. The van der Waals surface area contributed by atoms with Crippen LogP contribution >= 0.6 is 23.5 Å². The van der Waals surface area contributed by atoms with E-state index in [1.165, 1.54) is 0 Å². The lowest BCUT2D eigenvalue weighted by atomic mass is 10.2. The van der Waals surface area contributed by atoms with E-state index in [0.29, 0.717) is 24.6 Å². The molecule has 0 N–H and O–H groups in total. The summed E-state index contributed by atoms with van der Waals surface area (Å²) < 4.78 is 0. The minimum absolute atomic E-state index is 0.00441. The lowest BCUT2D eigenvalue weighted by molar-refractivity contribution is -0.132. The second-order valence-electron chi connectivity index (χ2n) is 6.06. The molecule has 4 heterocycles. The maximum Gasteiger partial charge on any atom is 0.233 e. The molecule has 2 aromatic heterocycles. The molecule has 2 aliphatic heterocycles. The van der Waals surface area contributed by atoms with Gasteiger partial charge < -0.3 is 9.80 Å². The largest absolute Gasteiger partial charge is 0.324 e. The molecule has 0 saturated carbocycles. The second kappa shape index (κ2) is 7.67. The van der Waals surface area contributed by atoms with Gasteiger partial charge in [-0.15, -0.1) is 23.5 Å². The van der Waals surface area contributed by atoms with Gasteiger partial charge in [-0.25, -0.2) is 0 Å². The van der Waals surface area contributed by atoms with E-state index in [4.69, 9.17) is 0 Å². The third-order valence-electron chi connectivity index (χ3n) is 4.50. The third-order valence-corrected chi connectivity index (χ3v) is 7.01. The Bertz CT molecular complexity index is 723. The van der Waals surface area contributed by atoms with Gasteiger partial charge in [0.2, 0.25) is 11.8 Å². The second-order valence-corrected chi connectivity index (χ2v) is 8.20. The van der Waals surface area contributed by atoms with Gasteiger partial charge in [0, 0.05) is 37.9 Å². The van der Waals surface area contributed by atoms with Crippen molar-refractivity contribution >= 4 is 35.3 Å². The zero-order valence-corrected chi connectivity index (χ0v) is 15.7. The monoisotopic (exact) mass is 386 g/mol. The Morgan fingerprint density at radius 3 is 1.54 bits per heavy atom. The molecule has 2 amide bonds. The molecule has 26 heavy (non-hydrogen) atoms. The molecule has 134 valence electrons. The molecule has 2 fully saturated rings. The summed E-state index contributed by atoms with van der Waals surface area (Å²) in [4.78, 5) is 36.6. The molecular weight excluding hydrogens is 368 g/mol. The molecule has 0 radical (unpaired) electrons. The van der Waals surface area contributed by atoms with Crippen molar-refractivity contribution in [1.29, 1.82) is 0 Å². The number of rotatable bonds is 5. The first-order valence-electron chi connectivity index (χ1n) is 8.36. The van der Waals surface area contributed by atoms with E-state index in [0.717, 1.165) is 11.1 Å². The van der Waals surface area contributed by atoms with E-state index in [-0.39, 0.29) is 22.6 Å². The van der Waals surface area contributed by atoms with Crippen LogP contribution in [0.1, 0.15) is 21.9 Å². The van der Waals surface area contributed by atoms with E-state index < -0.39 is 0 Å². The summed E-state index contributed by atoms with van der Waals surface area (Å²) in [6.07, 6.45) is 6.99. The van der Waals surface area contributed by atoms with Gasteiger partial charge in [0.05, 0.1) is 11.5 Å². The quantitative estimate of drug-likeness (QED) is 0.786. The summed E-state index contributed by atoms with van der Waals surface area (Å²) in [7, 11) is 0. The number of aromatic nitrogens is 2. The van der Waals surface area contributed by atoms with Gasteiger partial charge in [-0.3, -0.25) is 19.6 Å². The molecule has 2 unspecified atom stereocenters. The molecule has 4 rings (SSSR count). The van der Waals surface area contributed by atoms with Crippen molar-refractivity contribution in [2.45, 2.75) is 10.7 Å². The fourth-order valence-electron chi connectivity index (χ4n) is 3.22. The number of carbonyl (C=O) groups excluding carboxylic acids is 2. The van der Waals surface area contributed by atoms with Crippen LogP contribution < -0.4 is 0 Å². The Balaban J connectivity index is 1.48. The Hall–Kier alpha value is -2.06. The van der Waals surface area contributed by atoms with Gasteiger partial charge in [-0.05, 0) is 35.4 Å². The first-order valence-corrected chi connectivity index (χ1v) is 10.5. The fraction of sp³-hybridized carbons (Fsp3) is 0.333.